The third kappa shape index (κ3) is 4.58. The first-order valence-electron chi connectivity index (χ1n) is 11.1. The van der Waals surface area contributed by atoms with Crippen molar-refractivity contribution in [3.05, 3.63) is 47.3 Å². The van der Waals surface area contributed by atoms with E-state index in [1.807, 2.05) is 34.1 Å². The van der Waals surface area contributed by atoms with Crippen molar-refractivity contribution in [2.75, 3.05) is 38.6 Å². The Balaban J connectivity index is 1.36. The molecule has 31 heavy (non-hydrogen) atoms. The van der Waals surface area contributed by atoms with Crippen LogP contribution in [-0.4, -0.2) is 64.2 Å². The number of anilines is 1. The van der Waals surface area contributed by atoms with Gasteiger partial charge in [-0.3, -0.25) is 0 Å². The Morgan fingerprint density at radius 1 is 1.26 bits per heavy atom. The van der Waals surface area contributed by atoms with Gasteiger partial charge in [-0.1, -0.05) is 19.1 Å². The van der Waals surface area contributed by atoms with Crippen molar-refractivity contribution in [2.24, 2.45) is 0 Å². The number of hydrogen-bond acceptors (Lipinski definition) is 6. The molecule has 0 saturated carbocycles. The number of ether oxygens (including phenoxy) is 1. The van der Waals surface area contributed by atoms with Crippen LogP contribution in [0.25, 0.3) is 0 Å². The van der Waals surface area contributed by atoms with Crippen LogP contribution in [0.2, 0.25) is 0 Å². The Morgan fingerprint density at radius 3 is 2.87 bits per heavy atom. The van der Waals surface area contributed by atoms with Gasteiger partial charge in [0.2, 0.25) is 5.88 Å². The summed E-state index contributed by atoms with van der Waals surface area (Å²) in [6.45, 7) is 4.82. The van der Waals surface area contributed by atoms with Crippen LogP contribution in [0, 0.1) is 0 Å². The van der Waals surface area contributed by atoms with E-state index >= 15 is 0 Å². The lowest BCUT2D eigenvalue weighted by atomic mass is 10.1. The van der Waals surface area contributed by atoms with Crippen LogP contribution in [0.1, 0.15) is 55.2 Å². The molecule has 4 rings (SSSR count). The van der Waals surface area contributed by atoms with E-state index in [9.17, 15) is 9.90 Å². The topological polar surface area (TPSA) is 90.8 Å². The number of carbonyl (C=O) groups is 1. The van der Waals surface area contributed by atoms with Crippen LogP contribution in [0.15, 0.2) is 30.5 Å². The zero-order chi connectivity index (χ0) is 21.8. The first kappa shape index (κ1) is 21.4. The molecule has 8 heteroatoms. The predicted octanol–water partition coefficient (Wildman–Crippen LogP) is 3.16. The summed E-state index contributed by atoms with van der Waals surface area (Å²) in [6, 6.07) is 7.73. The fourth-order valence-corrected chi connectivity index (χ4v) is 4.40. The summed E-state index contributed by atoms with van der Waals surface area (Å²) < 4.78 is 5.14. The number of rotatable bonds is 8. The van der Waals surface area contributed by atoms with Gasteiger partial charge in [0.1, 0.15) is 5.82 Å². The molecule has 166 valence electrons. The molecule has 1 fully saturated rings. The second kappa shape index (κ2) is 9.51. The second-order valence-corrected chi connectivity index (χ2v) is 8.10. The Bertz CT molecular complexity index is 905. The zero-order valence-corrected chi connectivity index (χ0v) is 18.3. The highest BCUT2D eigenvalue weighted by atomic mass is 16.5. The Morgan fingerprint density at radius 2 is 2.13 bits per heavy atom. The van der Waals surface area contributed by atoms with Crippen LogP contribution < -0.4 is 10.1 Å². The molecule has 2 aromatic rings. The minimum absolute atomic E-state index is 0.00920. The predicted molar refractivity (Wildman–Crippen MR) is 118 cm³/mol. The SMILES string of the molecule is CC[C@@H](c1ccc(OC)nc1)N1CCN(CCC(O)c2ccc3c(n2)NCCC3)C1=O. The molecule has 0 radical (unpaired) electrons. The van der Waals surface area contributed by atoms with Gasteiger partial charge in [0.15, 0.2) is 0 Å². The van der Waals surface area contributed by atoms with Gasteiger partial charge in [0, 0.05) is 38.4 Å². The minimum atomic E-state index is -0.691. The number of carbonyl (C=O) groups excluding carboxylic acids is 1. The van der Waals surface area contributed by atoms with Crippen molar-refractivity contribution >= 4 is 11.8 Å². The van der Waals surface area contributed by atoms with Gasteiger partial charge in [-0.15, -0.1) is 0 Å². The van der Waals surface area contributed by atoms with Gasteiger partial charge >= 0.3 is 6.03 Å². The average molecular weight is 426 g/mol. The number of amides is 2. The van der Waals surface area contributed by atoms with Gasteiger partial charge in [0.25, 0.3) is 0 Å². The highest BCUT2D eigenvalue weighted by Crippen LogP contribution is 2.29. The number of aromatic nitrogens is 2. The highest BCUT2D eigenvalue weighted by Gasteiger charge is 2.34. The van der Waals surface area contributed by atoms with Crippen LogP contribution in [0.4, 0.5) is 10.6 Å². The molecule has 2 N–H and O–H groups in total. The van der Waals surface area contributed by atoms with Crippen molar-refractivity contribution in [1.29, 1.82) is 0 Å². The van der Waals surface area contributed by atoms with E-state index in [-0.39, 0.29) is 12.1 Å². The summed E-state index contributed by atoms with van der Waals surface area (Å²) in [7, 11) is 1.59. The lowest BCUT2D eigenvalue weighted by Crippen LogP contribution is -2.35. The molecule has 4 heterocycles. The van der Waals surface area contributed by atoms with Gasteiger partial charge in [0.05, 0.1) is 24.9 Å². The number of urea groups is 1. The maximum absolute atomic E-state index is 13.0. The second-order valence-electron chi connectivity index (χ2n) is 8.10. The van der Waals surface area contributed by atoms with E-state index in [2.05, 4.69) is 22.2 Å². The van der Waals surface area contributed by atoms with E-state index in [0.29, 0.717) is 37.6 Å². The molecule has 2 atom stereocenters. The summed E-state index contributed by atoms with van der Waals surface area (Å²) in [5, 5.41) is 14.0. The number of pyridine rings is 2. The normalized spacial score (nSPS) is 17.8. The number of nitrogens with one attached hydrogen (secondary N) is 1. The van der Waals surface area contributed by atoms with E-state index in [1.165, 1.54) is 5.56 Å². The monoisotopic (exact) mass is 425 g/mol. The van der Waals surface area contributed by atoms with E-state index in [1.54, 1.807) is 13.3 Å². The van der Waals surface area contributed by atoms with Gasteiger partial charge in [-0.05, 0) is 42.9 Å². The Labute approximate surface area is 183 Å². The van der Waals surface area contributed by atoms with E-state index in [4.69, 9.17) is 4.74 Å². The Hall–Kier alpha value is -2.87. The lowest BCUT2D eigenvalue weighted by Gasteiger charge is -2.27. The lowest BCUT2D eigenvalue weighted by molar-refractivity contribution is 0.141. The van der Waals surface area contributed by atoms with Crippen molar-refractivity contribution in [2.45, 2.75) is 44.8 Å². The molecule has 2 aromatic heterocycles. The summed E-state index contributed by atoms with van der Waals surface area (Å²) in [4.78, 5) is 25.6. The highest BCUT2D eigenvalue weighted by molar-refractivity contribution is 5.77. The molecule has 2 aliphatic rings. The molecule has 0 spiro atoms. The number of aliphatic hydroxyl groups is 1. The van der Waals surface area contributed by atoms with Crippen LogP contribution in [0.3, 0.4) is 0 Å². The summed E-state index contributed by atoms with van der Waals surface area (Å²) in [5.41, 5.74) is 2.86. The quantitative estimate of drug-likeness (QED) is 0.675. The number of hydrogen-bond donors (Lipinski definition) is 2. The minimum Gasteiger partial charge on any atom is -0.481 e. The fourth-order valence-electron chi connectivity index (χ4n) is 4.40. The molecule has 1 saturated heterocycles. The van der Waals surface area contributed by atoms with Crippen molar-refractivity contribution in [1.82, 2.24) is 19.8 Å². The first-order chi connectivity index (χ1) is 15.1. The van der Waals surface area contributed by atoms with Crippen molar-refractivity contribution in [3.8, 4) is 5.88 Å². The number of aliphatic hydroxyl groups excluding tert-OH is 1. The van der Waals surface area contributed by atoms with Crippen LogP contribution in [0.5, 0.6) is 5.88 Å². The number of fused-ring (bicyclic) bond motifs is 1. The van der Waals surface area contributed by atoms with Crippen LogP contribution in [-0.2, 0) is 6.42 Å². The maximum atomic E-state index is 13.0. The van der Waals surface area contributed by atoms with E-state index < -0.39 is 6.10 Å². The number of methoxy groups -OCH3 is 1. The molecule has 2 amide bonds. The van der Waals surface area contributed by atoms with Gasteiger partial charge in [-0.2, -0.15) is 0 Å². The Kier molecular flexibility index (Phi) is 6.56. The number of aryl methyl sites for hydroxylation is 1. The molecule has 1 unspecified atom stereocenters. The number of nitrogens with zero attached hydrogens (tertiary/aromatic N) is 4. The van der Waals surface area contributed by atoms with Crippen molar-refractivity contribution in [3.63, 3.8) is 0 Å². The molecule has 0 bridgehead atoms. The summed E-state index contributed by atoms with van der Waals surface area (Å²) in [5.74, 6) is 1.44. The molecular formula is C23H31N5O3. The molecule has 0 aliphatic carbocycles. The van der Waals surface area contributed by atoms with Gasteiger partial charge in [-0.25, -0.2) is 14.8 Å². The molecule has 0 aromatic carbocycles. The van der Waals surface area contributed by atoms with Crippen LogP contribution >= 0.6 is 0 Å². The molecule has 2 aliphatic heterocycles. The smallest absolute Gasteiger partial charge is 0.320 e. The summed E-state index contributed by atoms with van der Waals surface area (Å²) in [6.07, 6.45) is 4.49. The fraction of sp³-hybridized carbons (Fsp3) is 0.522. The standard InChI is InChI=1S/C23H31N5O3/c1-3-19(17-7-9-21(31-2)25-15-17)28-14-13-27(23(28)30)12-10-20(29)18-8-6-16-5-4-11-24-22(16)26-18/h6-9,15,19-20,29H,3-5,10-14H2,1-2H3,(H,24,26)/t19-,20?/m0/s1. The molecule has 8 nitrogen and oxygen atoms in total. The first-order valence-corrected chi connectivity index (χ1v) is 11.1. The largest absolute Gasteiger partial charge is 0.481 e. The van der Waals surface area contributed by atoms with E-state index in [0.717, 1.165) is 37.2 Å². The maximum Gasteiger partial charge on any atom is 0.320 e. The zero-order valence-electron chi connectivity index (χ0n) is 18.3. The third-order valence-corrected chi connectivity index (χ3v) is 6.17. The molecular weight excluding hydrogens is 394 g/mol. The summed E-state index contributed by atoms with van der Waals surface area (Å²) >= 11 is 0. The average Bonchev–Trinajstić information content (AvgIpc) is 3.18. The van der Waals surface area contributed by atoms with Gasteiger partial charge < -0.3 is 25.0 Å². The third-order valence-electron chi connectivity index (χ3n) is 6.17. The van der Waals surface area contributed by atoms with Crippen molar-refractivity contribution < 1.29 is 14.6 Å².